The van der Waals surface area contributed by atoms with Crippen molar-refractivity contribution in [3.63, 3.8) is 0 Å². The van der Waals surface area contributed by atoms with Crippen LogP contribution in [0.4, 0.5) is 5.69 Å². The Morgan fingerprint density at radius 3 is 2.45 bits per heavy atom. The molecule has 1 amide bonds. The van der Waals surface area contributed by atoms with Gasteiger partial charge in [-0.05, 0) is 73.5 Å². The van der Waals surface area contributed by atoms with E-state index in [1.165, 1.54) is 13.2 Å². The van der Waals surface area contributed by atoms with Crippen molar-refractivity contribution in [2.24, 2.45) is 0 Å². The molecule has 2 aliphatic heterocycles. The zero-order valence-corrected chi connectivity index (χ0v) is 30.1. The minimum absolute atomic E-state index is 0.0486. The maximum absolute atomic E-state index is 13.5. The van der Waals surface area contributed by atoms with E-state index in [1.807, 2.05) is 68.4 Å². The fourth-order valence-electron chi connectivity index (χ4n) is 6.64. The monoisotopic (exact) mass is 723 g/mol. The Kier molecular flexibility index (Phi) is 10.4. The summed E-state index contributed by atoms with van der Waals surface area (Å²) in [5.74, 6) is 0.322. The number of amides is 1. The summed E-state index contributed by atoms with van der Waals surface area (Å²) in [6, 6.07) is 27.2. The molecule has 0 unspecified atom stereocenters. The maximum atomic E-state index is 13.5. The number of carbonyl (C=O) groups is 1. The van der Waals surface area contributed by atoms with Gasteiger partial charge in [-0.1, -0.05) is 42.5 Å². The van der Waals surface area contributed by atoms with E-state index < -0.39 is 29.7 Å². The van der Waals surface area contributed by atoms with E-state index >= 15 is 0 Å². The predicted molar refractivity (Wildman–Crippen MR) is 196 cm³/mol. The molecule has 53 heavy (non-hydrogen) atoms. The van der Waals surface area contributed by atoms with E-state index in [2.05, 4.69) is 5.32 Å². The largest absolute Gasteiger partial charge is 0.497 e. The molecule has 0 bridgehead atoms. The Bertz CT molecular complexity index is 2150. The minimum atomic E-state index is -0.885. The topological polar surface area (TPSA) is 133 Å². The van der Waals surface area contributed by atoms with E-state index in [1.54, 1.807) is 44.6 Å². The first-order valence-electron chi connectivity index (χ1n) is 17.2. The average molecular weight is 724 g/mol. The molecule has 2 fully saturated rings. The summed E-state index contributed by atoms with van der Waals surface area (Å²) in [5, 5.41) is 3.19. The first-order valence-corrected chi connectivity index (χ1v) is 17.2. The predicted octanol–water partition coefficient (Wildman–Crippen LogP) is 6.97. The Balaban J connectivity index is 1.11. The summed E-state index contributed by atoms with van der Waals surface area (Å²) in [7, 11) is 4.59. The first-order chi connectivity index (χ1) is 25.6. The second kappa shape index (κ2) is 15.3. The highest BCUT2D eigenvalue weighted by molar-refractivity contribution is 6.06. The van der Waals surface area contributed by atoms with Crippen molar-refractivity contribution in [1.29, 1.82) is 0 Å². The number of hydrogen-bond donors (Lipinski definition) is 1. The third-order valence-corrected chi connectivity index (χ3v) is 9.09. The third-order valence-electron chi connectivity index (χ3n) is 9.09. The molecule has 4 aromatic carbocycles. The van der Waals surface area contributed by atoms with Crippen LogP contribution in [0.2, 0.25) is 0 Å². The molecule has 7 rings (SSSR count). The second-order valence-electron chi connectivity index (χ2n) is 13.2. The van der Waals surface area contributed by atoms with E-state index in [-0.39, 0.29) is 35.0 Å². The second-order valence-corrected chi connectivity index (χ2v) is 13.2. The van der Waals surface area contributed by atoms with Crippen molar-refractivity contribution in [3.05, 3.63) is 113 Å². The van der Waals surface area contributed by atoms with Crippen LogP contribution in [0, 0.1) is 0 Å². The Labute approximate surface area is 306 Å². The molecule has 1 N–H and O–H groups in total. The Morgan fingerprint density at radius 2 is 1.68 bits per heavy atom. The molecular formula is C41H41NO11. The van der Waals surface area contributed by atoms with Gasteiger partial charge in [0.05, 0.1) is 46.8 Å². The van der Waals surface area contributed by atoms with Gasteiger partial charge in [0, 0.05) is 22.9 Å². The number of benzene rings is 4. The van der Waals surface area contributed by atoms with Crippen LogP contribution in [-0.2, 0) is 25.6 Å². The molecule has 0 saturated carbocycles. The highest BCUT2D eigenvalue weighted by Gasteiger charge is 2.51. The molecule has 5 aromatic rings. The maximum Gasteiger partial charge on any atom is 0.360 e. The number of anilines is 1. The molecule has 2 aliphatic rings. The van der Waals surface area contributed by atoms with Gasteiger partial charge < -0.3 is 47.6 Å². The molecule has 0 radical (unpaired) electrons. The van der Waals surface area contributed by atoms with Crippen molar-refractivity contribution in [3.8, 4) is 34.1 Å². The Hall–Kier alpha value is -5.40. The van der Waals surface area contributed by atoms with Crippen LogP contribution in [0.3, 0.4) is 0 Å². The molecule has 12 nitrogen and oxygen atoms in total. The number of ether oxygens (including phenoxy) is 8. The highest BCUT2D eigenvalue weighted by atomic mass is 16.8. The first kappa shape index (κ1) is 36.0. The van der Waals surface area contributed by atoms with Crippen molar-refractivity contribution >= 4 is 22.6 Å². The lowest BCUT2D eigenvalue weighted by Gasteiger charge is -2.36. The van der Waals surface area contributed by atoms with E-state index in [0.717, 1.165) is 11.1 Å². The van der Waals surface area contributed by atoms with Gasteiger partial charge in [0.1, 0.15) is 23.3 Å². The number of nitrogens with one attached hydrogen (secondary N) is 1. The fraction of sp³-hybridized carbons (Fsp3) is 0.317. The molecule has 3 heterocycles. The summed E-state index contributed by atoms with van der Waals surface area (Å²) in [6.07, 6.45) is -1.51. The lowest BCUT2D eigenvalue weighted by atomic mass is 10.0. The van der Waals surface area contributed by atoms with Crippen LogP contribution >= 0.6 is 0 Å². The number of hydrogen-bond acceptors (Lipinski definition) is 11. The standard InChI is InChI=1S/C41H41NO11/c1-41(2)52-34-21-29(23-48-22-24-10-7-6-8-11-24)49-40(37(34)53-41)50-33-17-14-26-20-31(39(44)51-35(26)36(33)47-5)42-38(43)27-15-16-32(46-4)30(19-27)25-12-9-13-28(18-25)45-3/h6-20,29,34,37,40H,21-23H2,1-5H3,(H,42,43)/t29-,34+,37+,40+/m0/s1. The van der Waals surface area contributed by atoms with Crippen molar-refractivity contribution < 1.29 is 47.1 Å². The van der Waals surface area contributed by atoms with Gasteiger partial charge in [0.15, 0.2) is 17.1 Å². The van der Waals surface area contributed by atoms with E-state index in [4.69, 9.17) is 42.3 Å². The normalized spacial score (nSPS) is 20.4. The molecular weight excluding hydrogens is 682 g/mol. The van der Waals surface area contributed by atoms with Crippen LogP contribution in [0.25, 0.3) is 22.1 Å². The van der Waals surface area contributed by atoms with Gasteiger partial charge in [0.25, 0.3) is 5.91 Å². The lowest BCUT2D eigenvalue weighted by molar-refractivity contribution is -0.226. The number of fused-ring (bicyclic) bond motifs is 2. The summed E-state index contributed by atoms with van der Waals surface area (Å²) in [6.45, 7) is 4.45. The molecule has 0 aliphatic carbocycles. The van der Waals surface area contributed by atoms with Gasteiger partial charge in [-0.2, -0.15) is 0 Å². The van der Waals surface area contributed by atoms with Crippen LogP contribution in [0.1, 0.15) is 36.2 Å². The smallest absolute Gasteiger partial charge is 0.360 e. The quantitative estimate of drug-likeness (QED) is 0.134. The van der Waals surface area contributed by atoms with Gasteiger partial charge in [-0.15, -0.1) is 0 Å². The van der Waals surface area contributed by atoms with Crippen molar-refractivity contribution in [2.75, 3.05) is 33.3 Å². The molecule has 1 aromatic heterocycles. The van der Waals surface area contributed by atoms with Gasteiger partial charge in [0.2, 0.25) is 12.0 Å². The van der Waals surface area contributed by atoms with Gasteiger partial charge in [-0.3, -0.25) is 4.79 Å². The zero-order chi connectivity index (χ0) is 37.1. The van der Waals surface area contributed by atoms with Crippen LogP contribution in [0.15, 0.2) is 100 Å². The summed E-state index contributed by atoms with van der Waals surface area (Å²) in [5.41, 5.74) is 2.15. The zero-order valence-electron chi connectivity index (χ0n) is 30.1. The third kappa shape index (κ3) is 7.86. The highest BCUT2D eigenvalue weighted by Crippen LogP contribution is 2.42. The number of rotatable bonds is 12. The number of methoxy groups -OCH3 is 3. The molecule has 2 saturated heterocycles. The van der Waals surface area contributed by atoms with Crippen LogP contribution < -0.4 is 29.9 Å². The van der Waals surface area contributed by atoms with Crippen molar-refractivity contribution in [2.45, 2.75) is 57.3 Å². The fourth-order valence-corrected chi connectivity index (χ4v) is 6.64. The molecule has 276 valence electrons. The SMILES string of the molecule is COc1cccc(-c2cc(C(=O)Nc3cc4ccc(O[C@H]5O[C@H](COCc6ccccc6)C[C@H]6OC(C)(C)O[C@@H]56)c(OC)c4oc3=O)ccc2OC)c1. The molecule has 0 spiro atoms. The summed E-state index contributed by atoms with van der Waals surface area (Å²) < 4.78 is 53.6. The van der Waals surface area contributed by atoms with Crippen LogP contribution in [0.5, 0.6) is 23.0 Å². The Morgan fingerprint density at radius 1 is 0.868 bits per heavy atom. The average Bonchev–Trinajstić information content (AvgIpc) is 3.49. The van der Waals surface area contributed by atoms with Crippen LogP contribution in [-0.4, -0.2) is 64.2 Å². The van der Waals surface area contributed by atoms with E-state index in [9.17, 15) is 9.59 Å². The molecule has 12 heteroatoms. The summed E-state index contributed by atoms with van der Waals surface area (Å²) in [4.78, 5) is 26.8. The number of carbonyl (C=O) groups excluding carboxylic acids is 1. The van der Waals surface area contributed by atoms with Gasteiger partial charge >= 0.3 is 5.63 Å². The van der Waals surface area contributed by atoms with Crippen molar-refractivity contribution in [1.82, 2.24) is 0 Å². The summed E-state index contributed by atoms with van der Waals surface area (Å²) >= 11 is 0. The minimum Gasteiger partial charge on any atom is -0.497 e. The van der Waals surface area contributed by atoms with Gasteiger partial charge in [-0.25, -0.2) is 4.79 Å². The molecule has 4 atom stereocenters. The van der Waals surface area contributed by atoms with E-state index in [0.29, 0.717) is 47.6 Å². The lowest BCUT2D eigenvalue weighted by Crippen LogP contribution is -2.50.